The molecular formula is C14H19ClO5S. The fourth-order valence-corrected chi connectivity index (χ4v) is 4.91. The average Bonchev–Trinajstić information content (AvgIpc) is 2.85. The Bertz CT molecular complexity index is 614. The lowest BCUT2D eigenvalue weighted by Crippen LogP contribution is -2.11. The minimum atomic E-state index is -2.98. The Kier molecular flexibility index (Phi) is 4.88. The third-order valence-corrected chi connectivity index (χ3v) is 6.10. The van der Waals surface area contributed by atoms with Gasteiger partial charge in [0.25, 0.3) is 0 Å². The molecule has 1 aromatic rings. The number of benzene rings is 1. The zero-order valence-electron chi connectivity index (χ0n) is 12.3. The average molecular weight is 335 g/mol. The Morgan fingerprint density at radius 3 is 2.14 bits per heavy atom. The van der Waals surface area contributed by atoms with Crippen molar-refractivity contribution in [1.82, 2.24) is 0 Å². The lowest BCUT2D eigenvalue weighted by Gasteiger charge is -2.20. The summed E-state index contributed by atoms with van der Waals surface area (Å²) in [7, 11) is 1.64. The second-order valence-corrected chi connectivity index (χ2v) is 7.71. The van der Waals surface area contributed by atoms with E-state index in [0.717, 1.165) is 5.56 Å². The molecule has 1 aromatic carbocycles. The molecule has 1 heterocycles. The monoisotopic (exact) mass is 334 g/mol. The molecule has 1 saturated heterocycles. The molecule has 2 atom stereocenters. The number of hydrogen-bond acceptors (Lipinski definition) is 5. The summed E-state index contributed by atoms with van der Waals surface area (Å²) in [5.41, 5.74) is 0.721. The Labute approximate surface area is 130 Å². The van der Waals surface area contributed by atoms with Gasteiger partial charge >= 0.3 is 0 Å². The number of sulfone groups is 1. The van der Waals surface area contributed by atoms with Crippen molar-refractivity contribution in [1.29, 1.82) is 0 Å². The molecule has 0 spiro atoms. The van der Waals surface area contributed by atoms with Crippen molar-refractivity contribution in [2.45, 2.75) is 11.8 Å². The first-order valence-corrected chi connectivity index (χ1v) is 8.82. The van der Waals surface area contributed by atoms with Crippen LogP contribution in [0.1, 0.15) is 17.4 Å². The first kappa shape index (κ1) is 16.2. The van der Waals surface area contributed by atoms with Gasteiger partial charge in [0.1, 0.15) is 5.75 Å². The molecule has 2 unspecified atom stereocenters. The summed E-state index contributed by atoms with van der Waals surface area (Å²) in [6, 6.07) is 3.45. The van der Waals surface area contributed by atoms with E-state index in [0.29, 0.717) is 23.7 Å². The predicted octanol–water partition coefficient (Wildman–Crippen LogP) is 2.43. The van der Waals surface area contributed by atoms with Gasteiger partial charge in [0.05, 0.1) is 38.2 Å². The fraction of sp³-hybridized carbons (Fsp3) is 0.571. The first-order chi connectivity index (χ1) is 9.91. The summed E-state index contributed by atoms with van der Waals surface area (Å²) in [5, 5.41) is -0.447. The molecular weight excluding hydrogens is 316 g/mol. The highest BCUT2D eigenvalue weighted by Gasteiger charge is 2.35. The molecule has 0 bridgehead atoms. The number of ether oxygens (including phenoxy) is 3. The number of alkyl halides is 1. The Morgan fingerprint density at radius 1 is 1.10 bits per heavy atom. The van der Waals surface area contributed by atoms with Crippen LogP contribution in [0.15, 0.2) is 12.1 Å². The molecule has 0 radical (unpaired) electrons. The van der Waals surface area contributed by atoms with E-state index in [2.05, 4.69) is 0 Å². The van der Waals surface area contributed by atoms with Crippen LogP contribution < -0.4 is 14.2 Å². The molecule has 1 aliphatic heterocycles. The molecule has 0 amide bonds. The van der Waals surface area contributed by atoms with E-state index in [1.165, 1.54) is 7.11 Å². The minimum absolute atomic E-state index is 0.110. The molecule has 7 heteroatoms. The van der Waals surface area contributed by atoms with E-state index in [1.807, 2.05) is 0 Å². The van der Waals surface area contributed by atoms with E-state index in [1.54, 1.807) is 26.4 Å². The van der Waals surface area contributed by atoms with Gasteiger partial charge in [0, 0.05) is 11.6 Å². The highest BCUT2D eigenvalue weighted by Crippen LogP contribution is 2.44. The Morgan fingerprint density at radius 2 is 1.67 bits per heavy atom. The van der Waals surface area contributed by atoms with Gasteiger partial charge in [0.15, 0.2) is 21.3 Å². The van der Waals surface area contributed by atoms with Gasteiger partial charge in [0.2, 0.25) is 0 Å². The van der Waals surface area contributed by atoms with Gasteiger partial charge in [-0.2, -0.15) is 0 Å². The summed E-state index contributed by atoms with van der Waals surface area (Å²) in [6.07, 6.45) is 0.563. The molecule has 0 aromatic heterocycles. The quantitative estimate of drug-likeness (QED) is 0.774. The maximum absolute atomic E-state index is 11.6. The van der Waals surface area contributed by atoms with Gasteiger partial charge in [-0.3, -0.25) is 0 Å². The second-order valence-electron chi connectivity index (χ2n) is 5.01. The minimum Gasteiger partial charge on any atom is -0.496 e. The molecule has 21 heavy (non-hydrogen) atoms. The molecule has 1 aliphatic rings. The van der Waals surface area contributed by atoms with Crippen LogP contribution in [-0.4, -0.2) is 41.3 Å². The van der Waals surface area contributed by atoms with Crippen LogP contribution >= 0.6 is 11.6 Å². The van der Waals surface area contributed by atoms with Gasteiger partial charge < -0.3 is 14.2 Å². The van der Waals surface area contributed by atoms with E-state index < -0.39 is 15.2 Å². The molecule has 2 rings (SSSR count). The fourth-order valence-electron chi connectivity index (χ4n) is 2.58. The SMILES string of the molecule is COc1cc(OC)c(C(Cl)C2CCS(=O)(=O)C2)cc1OC. The van der Waals surface area contributed by atoms with Crippen LogP contribution in [0.2, 0.25) is 0 Å². The third-order valence-electron chi connectivity index (χ3n) is 3.71. The number of hydrogen-bond donors (Lipinski definition) is 0. The van der Waals surface area contributed by atoms with Crippen molar-refractivity contribution in [2.24, 2.45) is 5.92 Å². The highest BCUT2D eigenvalue weighted by atomic mass is 35.5. The van der Waals surface area contributed by atoms with E-state index in [-0.39, 0.29) is 17.4 Å². The Balaban J connectivity index is 2.38. The highest BCUT2D eigenvalue weighted by molar-refractivity contribution is 7.91. The molecule has 5 nitrogen and oxygen atoms in total. The van der Waals surface area contributed by atoms with E-state index >= 15 is 0 Å². The lowest BCUT2D eigenvalue weighted by molar-refractivity contribution is 0.346. The largest absolute Gasteiger partial charge is 0.496 e. The van der Waals surface area contributed by atoms with Gasteiger partial charge in [-0.15, -0.1) is 11.6 Å². The van der Waals surface area contributed by atoms with Gasteiger partial charge in [-0.25, -0.2) is 8.42 Å². The number of methoxy groups -OCH3 is 3. The molecule has 0 N–H and O–H groups in total. The summed E-state index contributed by atoms with van der Waals surface area (Å²) >= 11 is 6.51. The van der Waals surface area contributed by atoms with Crippen molar-refractivity contribution in [3.8, 4) is 17.2 Å². The topological polar surface area (TPSA) is 61.8 Å². The van der Waals surface area contributed by atoms with Crippen molar-refractivity contribution < 1.29 is 22.6 Å². The van der Waals surface area contributed by atoms with Crippen LogP contribution in [0.4, 0.5) is 0 Å². The maximum Gasteiger partial charge on any atom is 0.164 e. The molecule has 1 fully saturated rings. The lowest BCUT2D eigenvalue weighted by atomic mass is 9.97. The van der Waals surface area contributed by atoms with Crippen LogP contribution in [-0.2, 0) is 9.84 Å². The van der Waals surface area contributed by atoms with Crippen LogP contribution in [0.3, 0.4) is 0 Å². The normalized spacial score (nSPS) is 21.8. The number of rotatable bonds is 5. The van der Waals surface area contributed by atoms with Crippen LogP contribution in [0.5, 0.6) is 17.2 Å². The number of halogens is 1. The standard InChI is InChI=1S/C14H19ClO5S/c1-18-11-7-13(20-3)12(19-2)6-10(11)14(15)9-4-5-21(16,17)8-9/h6-7,9,14H,4-5,8H2,1-3H3. The van der Waals surface area contributed by atoms with E-state index in [9.17, 15) is 8.42 Å². The van der Waals surface area contributed by atoms with Crippen molar-refractivity contribution >= 4 is 21.4 Å². The summed E-state index contributed by atoms with van der Waals surface area (Å²) in [5.74, 6) is 1.83. The van der Waals surface area contributed by atoms with Gasteiger partial charge in [-0.1, -0.05) is 0 Å². The molecule has 0 saturated carbocycles. The van der Waals surface area contributed by atoms with E-state index in [4.69, 9.17) is 25.8 Å². The zero-order valence-corrected chi connectivity index (χ0v) is 13.8. The predicted molar refractivity (Wildman–Crippen MR) is 81.5 cm³/mol. The summed E-state index contributed by atoms with van der Waals surface area (Å²) in [6.45, 7) is 0. The first-order valence-electron chi connectivity index (χ1n) is 6.56. The summed E-state index contributed by atoms with van der Waals surface area (Å²) in [4.78, 5) is 0. The third kappa shape index (κ3) is 3.37. The van der Waals surface area contributed by atoms with Crippen molar-refractivity contribution in [3.63, 3.8) is 0 Å². The van der Waals surface area contributed by atoms with Gasteiger partial charge in [-0.05, 0) is 18.4 Å². The maximum atomic E-state index is 11.6. The van der Waals surface area contributed by atoms with Crippen molar-refractivity contribution in [3.05, 3.63) is 17.7 Å². The second kappa shape index (κ2) is 6.32. The molecule has 0 aliphatic carbocycles. The van der Waals surface area contributed by atoms with Crippen LogP contribution in [0.25, 0.3) is 0 Å². The van der Waals surface area contributed by atoms with Crippen molar-refractivity contribution in [2.75, 3.05) is 32.8 Å². The summed E-state index contributed by atoms with van der Waals surface area (Å²) < 4.78 is 39.1. The molecule has 118 valence electrons. The smallest absolute Gasteiger partial charge is 0.164 e. The Hall–Kier alpha value is -1.14. The van der Waals surface area contributed by atoms with Crippen LogP contribution in [0, 0.1) is 5.92 Å². The zero-order chi connectivity index (χ0) is 15.6.